The summed E-state index contributed by atoms with van der Waals surface area (Å²) in [7, 11) is 0. The van der Waals surface area contributed by atoms with Crippen LogP contribution in [0.1, 0.15) is 46.2 Å². The summed E-state index contributed by atoms with van der Waals surface area (Å²) in [4.78, 5) is 0. The Kier molecular flexibility index (Phi) is 10.5. The van der Waals surface area contributed by atoms with E-state index in [0.29, 0.717) is 0 Å². The normalized spacial score (nSPS) is 13.7. The van der Waals surface area contributed by atoms with Gasteiger partial charge < -0.3 is 0 Å². The largest absolute Gasteiger partial charge is 2.00 e. The van der Waals surface area contributed by atoms with Gasteiger partial charge in [0.2, 0.25) is 0 Å². The topological polar surface area (TPSA) is 0 Å². The summed E-state index contributed by atoms with van der Waals surface area (Å²) in [6, 6.07) is 63.7. The van der Waals surface area contributed by atoms with Crippen molar-refractivity contribution in [3.63, 3.8) is 0 Å². The second-order valence-corrected chi connectivity index (χ2v) is 11.4. The summed E-state index contributed by atoms with van der Waals surface area (Å²) in [5.74, 6) is 0. The van der Waals surface area contributed by atoms with Gasteiger partial charge in [-0.1, -0.05) is 193 Å². The third-order valence-electron chi connectivity index (χ3n) is 8.48. The summed E-state index contributed by atoms with van der Waals surface area (Å²) in [6.07, 6.45) is 8.94. The Morgan fingerprint density at radius 1 is 0.277 bits per heavy atom. The van der Waals surface area contributed by atoms with Crippen molar-refractivity contribution in [3.05, 3.63) is 228 Å². The van der Waals surface area contributed by atoms with E-state index in [1.165, 1.54) is 66.8 Å². The molecule has 2 aliphatic rings. The Morgan fingerprint density at radius 2 is 0.511 bits per heavy atom. The van der Waals surface area contributed by atoms with Crippen LogP contribution in [0.3, 0.4) is 0 Å². The molecule has 0 aliphatic heterocycles. The standard InChI is InChI=1S/2C23H17.Pt/c2*1-4-10-18(11-5-1)21-16-17-22(19-12-6-2-7-13-19)23(21)20-14-8-3-9-15-20;/h2*1-15H,16H2;/q2*-1;+2. The molecule has 1 heteroatoms. The molecule has 0 radical (unpaired) electrons. The fourth-order valence-electron chi connectivity index (χ4n) is 6.33. The summed E-state index contributed by atoms with van der Waals surface area (Å²) < 4.78 is 0. The summed E-state index contributed by atoms with van der Waals surface area (Å²) in [6.45, 7) is 0. The van der Waals surface area contributed by atoms with Crippen LogP contribution in [0.25, 0.3) is 33.4 Å². The van der Waals surface area contributed by atoms with Crippen LogP contribution < -0.4 is 0 Å². The van der Waals surface area contributed by atoms with Crippen LogP contribution in [-0.4, -0.2) is 0 Å². The van der Waals surface area contributed by atoms with Crippen molar-refractivity contribution >= 4 is 33.4 Å². The van der Waals surface area contributed by atoms with Crippen molar-refractivity contribution in [1.82, 2.24) is 0 Å². The van der Waals surface area contributed by atoms with Crippen molar-refractivity contribution in [2.24, 2.45) is 0 Å². The molecule has 0 unspecified atom stereocenters. The zero-order valence-corrected chi connectivity index (χ0v) is 28.3. The molecule has 0 N–H and O–H groups in total. The minimum absolute atomic E-state index is 0. The predicted molar refractivity (Wildman–Crippen MR) is 195 cm³/mol. The van der Waals surface area contributed by atoms with E-state index in [-0.39, 0.29) is 21.1 Å². The fraction of sp³-hybridized carbons (Fsp3) is 0.0435. The Hall–Kier alpha value is -5.03. The molecule has 228 valence electrons. The van der Waals surface area contributed by atoms with Crippen LogP contribution in [0.5, 0.6) is 0 Å². The van der Waals surface area contributed by atoms with E-state index < -0.39 is 0 Å². The molecule has 8 rings (SSSR count). The van der Waals surface area contributed by atoms with E-state index in [2.05, 4.69) is 194 Å². The first-order valence-corrected chi connectivity index (χ1v) is 15.9. The molecular weight excluding hydrogens is 748 g/mol. The van der Waals surface area contributed by atoms with Crippen LogP contribution in [0.2, 0.25) is 0 Å². The molecule has 0 saturated heterocycles. The van der Waals surface area contributed by atoms with Crippen molar-refractivity contribution in [3.8, 4) is 0 Å². The first kappa shape index (κ1) is 31.9. The minimum atomic E-state index is 0. The predicted octanol–water partition coefficient (Wildman–Crippen LogP) is 11.8. The first-order valence-electron chi connectivity index (χ1n) is 15.9. The molecule has 0 atom stereocenters. The van der Waals surface area contributed by atoms with Gasteiger partial charge in [0, 0.05) is 0 Å². The van der Waals surface area contributed by atoms with E-state index in [1.807, 2.05) is 0 Å². The average Bonchev–Trinajstić information content (AvgIpc) is 3.80. The molecule has 47 heavy (non-hydrogen) atoms. The second kappa shape index (κ2) is 15.5. The zero-order valence-electron chi connectivity index (χ0n) is 26.1. The van der Waals surface area contributed by atoms with E-state index in [9.17, 15) is 0 Å². The Balaban J connectivity index is 0.000000161. The summed E-state index contributed by atoms with van der Waals surface area (Å²) in [5, 5.41) is 0. The fourth-order valence-corrected chi connectivity index (χ4v) is 6.33. The molecular formula is C46H34Pt. The number of rotatable bonds is 6. The molecule has 0 aromatic heterocycles. The van der Waals surface area contributed by atoms with Gasteiger partial charge in [-0.05, 0) is 11.1 Å². The van der Waals surface area contributed by atoms with Crippen LogP contribution in [-0.2, 0) is 21.1 Å². The molecule has 0 spiro atoms. The quantitative estimate of drug-likeness (QED) is 0.148. The number of hydrogen-bond donors (Lipinski definition) is 0. The molecule has 0 bridgehead atoms. The summed E-state index contributed by atoms with van der Waals surface area (Å²) >= 11 is 0. The van der Waals surface area contributed by atoms with Gasteiger partial charge in [0.25, 0.3) is 0 Å². The first-order chi connectivity index (χ1) is 22.9. The van der Waals surface area contributed by atoms with Crippen LogP contribution in [0.4, 0.5) is 0 Å². The van der Waals surface area contributed by atoms with Crippen molar-refractivity contribution in [2.45, 2.75) is 12.8 Å². The Morgan fingerprint density at radius 3 is 0.787 bits per heavy atom. The van der Waals surface area contributed by atoms with Crippen molar-refractivity contribution in [2.75, 3.05) is 0 Å². The van der Waals surface area contributed by atoms with Gasteiger partial charge in [-0.3, -0.25) is 0 Å². The molecule has 0 heterocycles. The van der Waals surface area contributed by atoms with Gasteiger partial charge in [0.05, 0.1) is 0 Å². The van der Waals surface area contributed by atoms with E-state index in [1.54, 1.807) is 0 Å². The van der Waals surface area contributed by atoms with Gasteiger partial charge in [-0.25, -0.2) is 0 Å². The maximum absolute atomic E-state index is 3.61. The Bertz CT molecular complexity index is 1870. The number of allylic oxidation sites excluding steroid dienone is 8. The number of benzene rings is 6. The third kappa shape index (κ3) is 7.20. The SMILES string of the molecule is [C-]1=C(c2ccccc2)C(c2ccccc2)=C(c2ccccc2)C1.[C-]1=C(c2ccccc2)C(c2ccccc2)=C(c2ccccc2)C1.[Pt+2]. The van der Waals surface area contributed by atoms with Gasteiger partial charge in [0.15, 0.2) is 0 Å². The third-order valence-corrected chi connectivity index (χ3v) is 8.48. The Labute approximate surface area is 293 Å². The van der Waals surface area contributed by atoms with E-state index in [4.69, 9.17) is 0 Å². The average molecular weight is 782 g/mol. The second-order valence-electron chi connectivity index (χ2n) is 11.4. The minimum Gasteiger partial charge on any atom is -0.196 e. The number of hydrogen-bond acceptors (Lipinski definition) is 0. The van der Waals surface area contributed by atoms with Crippen LogP contribution >= 0.6 is 0 Å². The van der Waals surface area contributed by atoms with Crippen LogP contribution in [0, 0.1) is 12.2 Å². The van der Waals surface area contributed by atoms with Gasteiger partial charge >= 0.3 is 21.1 Å². The molecule has 6 aromatic rings. The smallest absolute Gasteiger partial charge is 0.196 e. The molecule has 0 amide bonds. The maximum Gasteiger partial charge on any atom is 2.00 e. The van der Waals surface area contributed by atoms with Crippen molar-refractivity contribution < 1.29 is 21.1 Å². The molecule has 6 aromatic carbocycles. The maximum atomic E-state index is 3.61. The zero-order chi connectivity index (χ0) is 31.0. The molecule has 0 saturated carbocycles. The molecule has 2 aliphatic carbocycles. The van der Waals surface area contributed by atoms with E-state index >= 15 is 0 Å². The summed E-state index contributed by atoms with van der Waals surface area (Å²) in [5.41, 5.74) is 15.3. The van der Waals surface area contributed by atoms with Crippen molar-refractivity contribution in [1.29, 1.82) is 0 Å². The van der Waals surface area contributed by atoms with Gasteiger partial charge in [0.1, 0.15) is 0 Å². The van der Waals surface area contributed by atoms with Gasteiger partial charge in [-0.15, -0.1) is 46.5 Å². The van der Waals surface area contributed by atoms with Crippen LogP contribution in [0.15, 0.2) is 182 Å². The van der Waals surface area contributed by atoms with Gasteiger partial charge in [-0.2, -0.15) is 23.3 Å². The molecule has 0 nitrogen and oxygen atoms in total. The molecule has 0 fully saturated rings. The monoisotopic (exact) mass is 781 g/mol. The van der Waals surface area contributed by atoms with E-state index in [0.717, 1.165) is 12.8 Å².